The number of aliphatic hydroxyl groups is 1. The van der Waals surface area contributed by atoms with Gasteiger partial charge in [-0.25, -0.2) is 0 Å². The Morgan fingerprint density at radius 1 is 0.853 bits per heavy atom. The lowest BCUT2D eigenvalue weighted by Gasteiger charge is -2.24. The summed E-state index contributed by atoms with van der Waals surface area (Å²) in [5.41, 5.74) is 0. The maximum atomic E-state index is 9.93. The average molecular weight is 518 g/mol. The SMILES string of the molecule is CCCOC.CCNC(C)=O.COCC(C)C.COCC(O)COCCC[Si](OC)(OC)OC. The van der Waals surface area contributed by atoms with Crippen LogP contribution in [0.4, 0.5) is 0 Å². The van der Waals surface area contributed by atoms with E-state index in [1.54, 1.807) is 42.7 Å². The molecule has 0 saturated carbocycles. The molecular formula is C23H55NO9Si. The second-order valence-electron chi connectivity index (χ2n) is 7.51. The van der Waals surface area contributed by atoms with Gasteiger partial charge < -0.3 is 42.6 Å². The van der Waals surface area contributed by atoms with Crippen molar-refractivity contribution >= 4 is 14.7 Å². The Balaban J connectivity index is -0.000000215. The van der Waals surface area contributed by atoms with E-state index < -0.39 is 14.9 Å². The highest BCUT2D eigenvalue weighted by Crippen LogP contribution is 2.14. The van der Waals surface area contributed by atoms with Crippen LogP contribution in [0.5, 0.6) is 0 Å². The maximum absolute atomic E-state index is 9.93. The second-order valence-corrected chi connectivity index (χ2v) is 10.6. The van der Waals surface area contributed by atoms with E-state index in [0.29, 0.717) is 18.6 Å². The minimum Gasteiger partial charge on any atom is -0.388 e. The summed E-state index contributed by atoms with van der Waals surface area (Å²) in [5, 5.41) is 11.9. The third-order valence-corrected chi connectivity index (χ3v) is 6.54. The van der Waals surface area contributed by atoms with E-state index in [2.05, 4.69) is 26.1 Å². The topological polar surface area (TPSA) is 114 Å². The van der Waals surface area contributed by atoms with Crippen molar-refractivity contribution in [1.29, 1.82) is 0 Å². The maximum Gasteiger partial charge on any atom is 0.500 e. The third kappa shape index (κ3) is 35.9. The summed E-state index contributed by atoms with van der Waals surface area (Å²) in [7, 11) is 7.25. The summed E-state index contributed by atoms with van der Waals surface area (Å²) in [5.74, 6) is 0.715. The molecule has 10 nitrogen and oxygen atoms in total. The van der Waals surface area contributed by atoms with Crippen molar-refractivity contribution in [3.63, 3.8) is 0 Å². The largest absolute Gasteiger partial charge is 0.500 e. The zero-order valence-electron chi connectivity index (χ0n) is 23.7. The molecule has 0 aromatic rings. The molecule has 0 aliphatic rings. The Labute approximate surface area is 210 Å². The van der Waals surface area contributed by atoms with E-state index in [0.717, 1.165) is 32.6 Å². The monoisotopic (exact) mass is 517 g/mol. The molecule has 11 heteroatoms. The first-order valence-corrected chi connectivity index (χ1v) is 13.7. The zero-order valence-corrected chi connectivity index (χ0v) is 24.7. The molecule has 0 aromatic heterocycles. The Hall–Kier alpha value is -0.633. The number of methoxy groups -OCH3 is 3. The van der Waals surface area contributed by atoms with E-state index >= 15 is 0 Å². The van der Waals surface area contributed by atoms with Gasteiger partial charge in [0.2, 0.25) is 5.91 Å². The average Bonchev–Trinajstić information content (AvgIpc) is 2.78. The van der Waals surface area contributed by atoms with Gasteiger partial charge in [-0.15, -0.1) is 0 Å². The summed E-state index contributed by atoms with van der Waals surface area (Å²) >= 11 is 0. The number of aliphatic hydroxyl groups excluding tert-OH is 1. The summed E-state index contributed by atoms with van der Waals surface area (Å²) in [6.45, 7) is 13.3. The first kappa shape index (κ1) is 40.5. The minimum absolute atomic E-state index is 0.0394. The van der Waals surface area contributed by atoms with Crippen LogP contribution in [0.3, 0.4) is 0 Å². The fourth-order valence-corrected chi connectivity index (χ4v) is 3.88. The predicted octanol–water partition coefficient (Wildman–Crippen LogP) is 2.75. The highest BCUT2D eigenvalue weighted by atomic mass is 28.4. The normalized spacial score (nSPS) is 11.3. The van der Waals surface area contributed by atoms with Crippen LogP contribution in [0, 0.1) is 5.92 Å². The van der Waals surface area contributed by atoms with Gasteiger partial charge in [-0.05, 0) is 25.7 Å². The molecule has 0 bridgehead atoms. The molecule has 1 unspecified atom stereocenters. The van der Waals surface area contributed by atoms with Gasteiger partial charge in [0, 0.05) is 82.0 Å². The lowest BCUT2D eigenvalue weighted by atomic mass is 10.2. The van der Waals surface area contributed by atoms with Crippen LogP contribution in [0.25, 0.3) is 0 Å². The molecule has 2 N–H and O–H groups in total. The molecule has 0 aliphatic carbocycles. The molecular weight excluding hydrogens is 462 g/mol. The fraction of sp³-hybridized carbons (Fsp3) is 0.957. The van der Waals surface area contributed by atoms with Gasteiger partial charge in [-0.1, -0.05) is 20.8 Å². The molecule has 0 heterocycles. The Bertz CT molecular complexity index is 377. The first-order valence-electron chi connectivity index (χ1n) is 11.7. The highest BCUT2D eigenvalue weighted by Gasteiger charge is 2.36. The van der Waals surface area contributed by atoms with Gasteiger partial charge in [0.15, 0.2) is 0 Å². The molecule has 1 amide bonds. The van der Waals surface area contributed by atoms with Gasteiger partial charge in [-0.3, -0.25) is 4.79 Å². The summed E-state index contributed by atoms with van der Waals surface area (Å²) in [4.78, 5) is 9.93. The van der Waals surface area contributed by atoms with E-state index in [9.17, 15) is 9.90 Å². The Kier molecular flexibility index (Phi) is 38.6. The van der Waals surface area contributed by atoms with Crippen LogP contribution in [0.15, 0.2) is 0 Å². The van der Waals surface area contributed by atoms with Crippen molar-refractivity contribution in [3.8, 4) is 0 Å². The van der Waals surface area contributed by atoms with Crippen molar-refractivity contribution in [2.24, 2.45) is 5.92 Å². The van der Waals surface area contributed by atoms with Gasteiger partial charge in [0.25, 0.3) is 0 Å². The van der Waals surface area contributed by atoms with Crippen LogP contribution in [-0.4, -0.2) is 108 Å². The molecule has 1 atom stereocenters. The number of hydrogen-bond acceptors (Lipinski definition) is 9. The molecule has 0 aromatic carbocycles. The number of carbonyl (C=O) groups excluding carboxylic acids is 1. The number of carbonyl (C=O) groups is 1. The Morgan fingerprint density at radius 3 is 1.62 bits per heavy atom. The predicted molar refractivity (Wildman–Crippen MR) is 138 cm³/mol. The molecule has 0 fully saturated rings. The summed E-state index contributed by atoms with van der Waals surface area (Å²) < 4.78 is 35.4. The zero-order chi connectivity index (χ0) is 27.3. The van der Waals surface area contributed by atoms with E-state index in [-0.39, 0.29) is 19.1 Å². The van der Waals surface area contributed by atoms with Crippen LogP contribution in [0.1, 0.15) is 47.5 Å². The van der Waals surface area contributed by atoms with E-state index in [1.807, 2.05) is 6.92 Å². The minimum atomic E-state index is -2.48. The molecule has 0 aliphatic heterocycles. The number of nitrogens with one attached hydrogen (secondary N) is 1. The summed E-state index contributed by atoms with van der Waals surface area (Å²) in [6, 6.07) is 0.691. The third-order valence-electron chi connectivity index (χ3n) is 3.71. The molecule has 34 heavy (non-hydrogen) atoms. The van der Waals surface area contributed by atoms with E-state index in [4.69, 9.17) is 32.2 Å². The van der Waals surface area contributed by atoms with Crippen molar-refractivity contribution < 1.29 is 42.1 Å². The van der Waals surface area contributed by atoms with Gasteiger partial charge >= 0.3 is 8.80 Å². The van der Waals surface area contributed by atoms with Crippen LogP contribution in [0.2, 0.25) is 6.04 Å². The molecule has 0 saturated heterocycles. The van der Waals surface area contributed by atoms with Crippen LogP contribution >= 0.6 is 0 Å². The fourth-order valence-electron chi connectivity index (χ4n) is 2.19. The number of amides is 1. The van der Waals surface area contributed by atoms with Crippen molar-refractivity contribution in [1.82, 2.24) is 5.32 Å². The van der Waals surface area contributed by atoms with Crippen molar-refractivity contribution in [3.05, 3.63) is 0 Å². The molecule has 0 radical (unpaired) electrons. The Morgan fingerprint density at radius 2 is 1.38 bits per heavy atom. The smallest absolute Gasteiger partial charge is 0.388 e. The van der Waals surface area contributed by atoms with Crippen LogP contribution < -0.4 is 5.32 Å². The van der Waals surface area contributed by atoms with Gasteiger partial charge in [0.05, 0.1) is 13.2 Å². The number of ether oxygens (including phenoxy) is 4. The second kappa shape index (κ2) is 32.4. The van der Waals surface area contributed by atoms with Crippen molar-refractivity contribution in [2.75, 3.05) is 82.2 Å². The van der Waals surface area contributed by atoms with Crippen LogP contribution in [-0.2, 0) is 37.0 Å². The van der Waals surface area contributed by atoms with Gasteiger partial charge in [-0.2, -0.15) is 0 Å². The molecule has 0 rings (SSSR count). The standard InChI is InChI=1S/C10H24O6Si.C5H12O.C4H9NO.C4H10O/c1-12-8-10(11)9-16-6-5-7-17(13-2,14-3)15-4;1-5(2)4-6-3;1-3-5-4(2)6;1-3-4-5-2/h10-11H,5-9H2,1-4H3;5H,4H2,1-3H3;3H2,1-2H3,(H,5,6);3-4H2,1-2H3. The first-order chi connectivity index (χ1) is 16.1. The summed E-state index contributed by atoms with van der Waals surface area (Å²) in [6.07, 6.45) is 1.31. The quantitative estimate of drug-likeness (QED) is 0.236. The molecule has 210 valence electrons. The molecule has 0 spiro atoms. The lowest BCUT2D eigenvalue weighted by Crippen LogP contribution is -2.42. The number of rotatable bonds is 16. The van der Waals surface area contributed by atoms with Gasteiger partial charge in [0.1, 0.15) is 6.10 Å². The highest BCUT2D eigenvalue weighted by molar-refractivity contribution is 6.60. The van der Waals surface area contributed by atoms with Crippen molar-refractivity contribution in [2.45, 2.75) is 59.6 Å². The number of hydrogen-bond donors (Lipinski definition) is 2. The van der Waals surface area contributed by atoms with E-state index in [1.165, 1.54) is 6.92 Å². The lowest BCUT2D eigenvalue weighted by molar-refractivity contribution is -0.118.